The maximum Gasteiger partial charge on any atom is 0.290 e. The molecule has 32 heavy (non-hydrogen) atoms. The summed E-state index contributed by atoms with van der Waals surface area (Å²) in [4.78, 5) is 28.1. The van der Waals surface area contributed by atoms with Gasteiger partial charge in [-0.2, -0.15) is 0 Å². The molecule has 0 saturated carbocycles. The zero-order chi connectivity index (χ0) is 22.2. The second-order valence-electron chi connectivity index (χ2n) is 7.62. The van der Waals surface area contributed by atoms with Crippen molar-refractivity contribution in [1.29, 1.82) is 0 Å². The third-order valence-corrected chi connectivity index (χ3v) is 5.79. The number of Topliss-reactive ketones (excluding diaryl/α,β-unsaturated/α-hetero) is 1. The highest BCUT2D eigenvalue weighted by Gasteiger charge is 2.44. The Morgan fingerprint density at radius 1 is 0.969 bits per heavy atom. The Hall–Kier alpha value is -3.83. The molecule has 0 radical (unpaired) electrons. The minimum atomic E-state index is -0.804. The predicted octanol–water partition coefficient (Wildman–Crippen LogP) is 5.86. The summed E-state index contributed by atoms with van der Waals surface area (Å²) in [5.41, 5.74) is 2.04. The summed E-state index contributed by atoms with van der Waals surface area (Å²) in [6, 6.07) is 24.4. The largest absolute Gasteiger partial charge is 0.503 e. The van der Waals surface area contributed by atoms with Crippen LogP contribution in [0.25, 0.3) is 11.0 Å². The Labute approximate surface area is 189 Å². The van der Waals surface area contributed by atoms with Crippen LogP contribution in [0.1, 0.15) is 27.7 Å². The summed E-state index contributed by atoms with van der Waals surface area (Å²) < 4.78 is 5.74. The number of halogens is 1. The van der Waals surface area contributed by atoms with E-state index in [1.807, 2.05) is 48.5 Å². The van der Waals surface area contributed by atoms with E-state index in [4.69, 9.17) is 16.0 Å². The van der Waals surface area contributed by atoms with Crippen molar-refractivity contribution in [3.8, 4) is 0 Å². The Bertz CT molecular complexity index is 1340. The molecule has 1 N–H and O–H groups in total. The van der Waals surface area contributed by atoms with E-state index in [-0.39, 0.29) is 17.9 Å². The number of carbonyl (C=O) groups excluding carboxylic acids is 2. The molecule has 0 bridgehead atoms. The normalized spacial score (nSPS) is 16.2. The highest BCUT2D eigenvalue weighted by Crippen LogP contribution is 2.41. The number of para-hydroxylation sites is 1. The molecule has 6 heteroatoms. The van der Waals surface area contributed by atoms with Crippen LogP contribution >= 0.6 is 11.6 Å². The third kappa shape index (κ3) is 3.47. The molecular weight excluding hydrogens is 426 g/mol. The minimum Gasteiger partial charge on any atom is -0.503 e. The van der Waals surface area contributed by atoms with Gasteiger partial charge in [-0.15, -0.1) is 0 Å². The van der Waals surface area contributed by atoms with Gasteiger partial charge in [0.1, 0.15) is 5.58 Å². The summed E-state index contributed by atoms with van der Waals surface area (Å²) in [5, 5.41) is 12.0. The van der Waals surface area contributed by atoms with Crippen molar-refractivity contribution in [3.63, 3.8) is 0 Å². The summed E-state index contributed by atoms with van der Waals surface area (Å²) in [5.74, 6) is -1.66. The van der Waals surface area contributed by atoms with Crippen LogP contribution in [0.4, 0.5) is 0 Å². The fraction of sp³-hybridized carbons (Fsp3) is 0.0769. The van der Waals surface area contributed by atoms with Gasteiger partial charge < -0.3 is 14.4 Å². The molecule has 1 aliphatic rings. The molecule has 1 aromatic heterocycles. The van der Waals surface area contributed by atoms with E-state index >= 15 is 0 Å². The first-order chi connectivity index (χ1) is 15.5. The zero-order valence-electron chi connectivity index (χ0n) is 16.9. The predicted molar refractivity (Wildman–Crippen MR) is 121 cm³/mol. The highest BCUT2D eigenvalue weighted by atomic mass is 35.5. The number of hydrogen-bond acceptors (Lipinski definition) is 4. The topological polar surface area (TPSA) is 70.8 Å². The van der Waals surface area contributed by atoms with Gasteiger partial charge in [-0.3, -0.25) is 9.59 Å². The van der Waals surface area contributed by atoms with E-state index in [1.54, 1.807) is 36.4 Å². The molecule has 5 nitrogen and oxygen atoms in total. The number of fused-ring (bicyclic) bond motifs is 1. The van der Waals surface area contributed by atoms with Crippen LogP contribution in [0.15, 0.2) is 101 Å². The second kappa shape index (κ2) is 8.02. The lowest BCUT2D eigenvalue weighted by Gasteiger charge is -2.27. The van der Waals surface area contributed by atoms with Crippen molar-refractivity contribution < 1.29 is 19.1 Å². The molecule has 4 aromatic rings. The molecule has 5 rings (SSSR count). The van der Waals surface area contributed by atoms with Gasteiger partial charge in [0.25, 0.3) is 5.91 Å². The molecule has 1 aliphatic heterocycles. The van der Waals surface area contributed by atoms with Crippen molar-refractivity contribution in [2.75, 3.05) is 0 Å². The fourth-order valence-corrected chi connectivity index (χ4v) is 4.28. The van der Waals surface area contributed by atoms with Crippen LogP contribution in [-0.2, 0) is 11.3 Å². The van der Waals surface area contributed by atoms with Gasteiger partial charge in [0.05, 0.1) is 11.6 Å². The molecule has 3 aromatic carbocycles. The van der Waals surface area contributed by atoms with Crippen LogP contribution in [0.3, 0.4) is 0 Å². The molecule has 0 fully saturated rings. The summed E-state index contributed by atoms with van der Waals surface area (Å²) in [7, 11) is 0. The van der Waals surface area contributed by atoms with Crippen molar-refractivity contribution >= 4 is 34.3 Å². The van der Waals surface area contributed by atoms with Crippen LogP contribution in [0, 0.1) is 0 Å². The first-order valence-corrected chi connectivity index (χ1v) is 10.5. The number of aliphatic hydroxyl groups is 1. The average Bonchev–Trinajstić information content (AvgIpc) is 3.34. The van der Waals surface area contributed by atoms with E-state index in [9.17, 15) is 14.7 Å². The lowest BCUT2D eigenvalue weighted by Crippen LogP contribution is -2.30. The van der Waals surface area contributed by atoms with Crippen LogP contribution in [-0.4, -0.2) is 21.7 Å². The van der Waals surface area contributed by atoms with E-state index in [1.165, 1.54) is 4.90 Å². The van der Waals surface area contributed by atoms with Gasteiger partial charge in [-0.05, 0) is 35.4 Å². The molecule has 1 amide bonds. The molecule has 0 saturated heterocycles. The van der Waals surface area contributed by atoms with E-state index < -0.39 is 23.5 Å². The maximum absolute atomic E-state index is 13.5. The fourth-order valence-electron chi connectivity index (χ4n) is 4.08. The number of hydrogen-bond donors (Lipinski definition) is 1. The summed E-state index contributed by atoms with van der Waals surface area (Å²) in [6.07, 6.45) is 0. The SMILES string of the molecule is O=C(C1=C(O)C(=O)N(Cc2ccccc2)C1c1cccc(Cl)c1)c1cc2ccccc2o1. The second-order valence-corrected chi connectivity index (χ2v) is 8.05. The minimum absolute atomic E-state index is 0.0211. The molecule has 0 aliphatic carbocycles. The Morgan fingerprint density at radius 3 is 2.47 bits per heavy atom. The smallest absolute Gasteiger partial charge is 0.290 e. The number of rotatable bonds is 5. The highest BCUT2D eigenvalue weighted by molar-refractivity contribution is 6.30. The van der Waals surface area contributed by atoms with E-state index in [2.05, 4.69) is 0 Å². The molecule has 158 valence electrons. The molecule has 2 heterocycles. The molecule has 1 unspecified atom stereocenters. The molecule has 1 atom stereocenters. The molecular formula is C26H18ClNO4. The monoisotopic (exact) mass is 443 g/mol. The van der Waals surface area contributed by atoms with Crippen LogP contribution < -0.4 is 0 Å². The lowest BCUT2D eigenvalue weighted by molar-refractivity contribution is -0.130. The van der Waals surface area contributed by atoms with Gasteiger partial charge in [0.2, 0.25) is 5.78 Å². The Kier molecular flexibility index (Phi) is 5.04. The number of carbonyl (C=O) groups is 2. The number of ketones is 1. The number of nitrogens with zero attached hydrogens (tertiary/aromatic N) is 1. The standard InChI is InChI=1S/C26H18ClNO4/c27-19-11-6-10-18(13-19)23-22(24(29)21-14-17-9-4-5-12-20(17)32-21)25(30)26(31)28(23)15-16-7-2-1-3-8-16/h1-14,23,30H,15H2. The first kappa shape index (κ1) is 20.1. The van der Waals surface area contributed by atoms with Gasteiger partial charge in [-0.1, -0.05) is 72.3 Å². The number of furan rings is 1. The van der Waals surface area contributed by atoms with Crippen LogP contribution in [0.5, 0.6) is 0 Å². The average molecular weight is 444 g/mol. The maximum atomic E-state index is 13.5. The number of aliphatic hydroxyl groups excluding tert-OH is 1. The summed E-state index contributed by atoms with van der Waals surface area (Å²) in [6.45, 7) is 0.220. The molecule has 0 spiro atoms. The number of amides is 1. The Balaban J connectivity index is 1.61. The zero-order valence-corrected chi connectivity index (χ0v) is 17.6. The number of benzene rings is 3. The van der Waals surface area contributed by atoms with Gasteiger partial charge >= 0.3 is 0 Å². The van der Waals surface area contributed by atoms with E-state index in [0.29, 0.717) is 16.2 Å². The van der Waals surface area contributed by atoms with Crippen molar-refractivity contribution in [3.05, 3.63) is 118 Å². The van der Waals surface area contributed by atoms with Crippen molar-refractivity contribution in [2.45, 2.75) is 12.6 Å². The third-order valence-electron chi connectivity index (χ3n) is 5.56. The van der Waals surface area contributed by atoms with Crippen molar-refractivity contribution in [1.82, 2.24) is 4.90 Å². The summed E-state index contributed by atoms with van der Waals surface area (Å²) >= 11 is 6.22. The quantitative estimate of drug-likeness (QED) is 0.392. The Morgan fingerprint density at radius 2 is 1.72 bits per heavy atom. The van der Waals surface area contributed by atoms with Gasteiger partial charge in [0.15, 0.2) is 11.5 Å². The van der Waals surface area contributed by atoms with Crippen molar-refractivity contribution in [2.24, 2.45) is 0 Å². The van der Waals surface area contributed by atoms with Gasteiger partial charge in [-0.25, -0.2) is 0 Å². The van der Waals surface area contributed by atoms with Crippen LogP contribution in [0.2, 0.25) is 5.02 Å². The lowest BCUT2D eigenvalue weighted by atomic mass is 9.95. The van der Waals surface area contributed by atoms with Gasteiger partial charge in [0, 0.05) is 17.0 Å². The van der Waals surface area contributed by atoms with E-state index in [0.717, 1.165) is 10.9 Å². The first-order valence-electron chi connectivity index (χ1n) is 10.1.